The highest BCUT2D eigenvalue weighted by atomic mass is 16.5. The second kappa shape index (κ2) is 7.33. The number of carboxylic acid groups (broad SMARTS) is 1. The number of hydrogen-bond acceptors (Lipinski definition) is 4. The molecule has 6 nitrogen and oxygen atoms in total. The molecule has 104 valence electrons. The van der Waals surface area contributed by atoms with Crippen LogP contribution in [0.15, 0.2) is 0 Å². The zero-order chi connectivity index (χ0) is 13.5. The van der Waals surface area contributed by atoms with E-state index in [2.05, 4.69) is 5.32 Å². The van der Waals surface area contributed by atoms with Crippen LogP contribution in [0.2, 0.25) is 0 Å². The number of ether oxygens (including phenoxy) is 1. The number of rotatable bonds is 6. The molecular formula is C12H22N2O4. The zero-order valence-electron chi connectivity index (χ0n) is 11.0. The van der Waals surface area contributed by atoms with Crippen LogP contribution in [0.25, 0.3) is 0 Å². The van der Waals surface area contributed by atoms with Gasteiger partial charge in [-0.15, -0.1) is 0 Å². The third-order valence-corrected chi connectivity index (χ3v) is 3.02. The molecule has 1 rings (SSSR count). The van der Waals surface area contributed by atoms with Gasteiger partial charge in [-0.3, -0.25) is 9.59 Å². The highest BCUT2D eigenvalue weighted by Gasteiger charge is 2.23. The minimum atomic E-state index is -0.809. The molecule has 2 N–H and O–H groups in total. The minimum Gasteiger partial charge on any atom is -0.481 e. The largest absolute Gasteiger partial charge is 0.481 e. The Morgan fingerprint density at radius 2 is 1.94 bits per heavy atom. The van der Waals surface area contributed by atoms with E-state index < -0.39 is 5.97 Å². The van der Waals surface area contributed by atoms with Gasteiger partial charge in [-0.25, -0.2) is 0 Å². The first-order valence-electron chi connectivity index (χ1n) is 6.35. The molecule has 0 aromatic heterocycles. The summed E-state index contributed by atoms with van der Waals surface area (Å²) in [4.78, 5) is 24.3. The van der Waals surface area contributed by atoms with Gasteiger partial charge in [0, 0.05) is 25.6 Å². The van der Waals surface area contributed by atoms with Crippen molar-refractivity contribution in [2.24, 2.45) is 0 Å². The highest BCUT2D eigenvalue weighted by molar-refractivity contribution is 5.81. The number of morpholine rings is 1. The predicted molar refractivity (Wildman–Crippen MR) is 66.3 cm³/mol. The van der Waals surface area contributed by atoms with Gasteiger partial charge in [0.25, 0.3) is 0 Å². The summed E-state index contributed by atoms with van der Waals surface area (Å²) in [6.45, 7) is 6.16. The Morgan fingerprint density at radius 3 is 2.50 bits per heavy atom. The predicted octanol–water partition coefficient (Wildman–Crippen LogP) is 0.0766. The van der Waals surface area contributed by atoms with Crippen LogP contribution in [0.1, 0.15) is 26.7 Å². The van der Waals surface area contributed by atoms with Crippen LogP contribution in [0.5, 0.6) is 0 Å². The van der Waals surface area contributed by atoms with Crippen molar-refractivity contribution in [1.29, 1.82) is 0 Å². The molecule has 0 bridgehead atoms. The van der Waals surface area contributed by atoms with E-state index >= 15 is 0 Å². The van der Waals surface area contributed by atoms with Crippen molar-refractivity contribution in [1.82, 2.24) is 10.2 Å². The van der Waals surface area contributed by atoms with E-state index in [9.17, 15) is 9.59 Å². The van der Waals surface area contributed by atoms with Crippen molar-refractivity contribution in [3.05, 3.63) is 0 Å². The molecule has 0 radical (unpaired) electrons. The molecule has 0 spiro atoms. The van der Waals surface area contributed by atoms with Crippen LogP contribution in [-0.2, 0) is 14.3 Å². The molecule has 0 aromatic rings. The van der Waals surface area contributed by atoms with Crippen LogP contribution in [0.4, 0.5) is 0 Å². The number of carbonyl (C=O) groups excluding carboxylic acids is 1. The van der Waals surface area contributed by atoms with Crippen LogP contribution < -0.4 is 5.32 Å². The third-order valence-electron chi connectivity index (χ3n) is 3.02. The lowest BCUT2D eigenvalue weighted by atomic mass is 10.1. The number of aliphatic carboxylic acids is 1. The van der Waals surface area contributed by atoms with E-state index in [0.29, 0.717) is 32.7 Å². The second-order valence-electron chi connectivity index (χ2n) is 4.66. The summed E-state index contributed by atoms with van der Waals surface area (Å²) in [5.41, 5.74) is 0. The number of nitrogens with one attached hydrogen (secondary N) is 1. The molecule has 0 saturated carbocycles. The van der Waals surface area contributed by atoms with Gasteiger partial charge in [0.05, 0.1) is 19.3 Å². The molecule has 1 amide bonds. The minimum absolute atomic E-state index is 0.0149. The lowest BCUT2D eigenvalue weighted by Gasteiger charge is -2.30. The molecule has 1 saturated heterocycles. The first kappa shape index (κ1) is 14.9. The topological polar surface area (TPSA) is 78.9 Å². The number of hydrogen-bond donors (Lipinski definition) is 2. The SMILES string of the molecule is CC(CCC(=O)O)NC(C)C(=O)N1CCOCC1. The van der Waals surface area contributed by atoms with Crippen molar-refractivity contribution >= 4 is 11.9 Å². The molecule has 18 heavy (non-hydrogen) atoms. The second-order valence-corrected chi connectivity index (χ2v) is 4.66. The van der Waals surface area contributed by atoms with Gasteiger partial charge in [-0.05, 0) is 20.3 Å². The Balaban J connectivity index is 2.31. The fourth-order valence-electron chi connectivity index (χ4n) is 1.98. The van der Waals surface area contributed by atoms with Crippen molar-refractivity contribution < 1.29 is 19.4 Å². The van der Waals surface area contributed by atoms with Gasteiger partial charge in [0.1, 0.15) is 0 Å². The molecule has 1 aliphatic heterocycles. The van der Waals surface area contributed by atoms with E-state index in [1.165, 1.54) is 0 Å². The fourth-order valence-corrected chi connectivity index (χ4v) is 1.98. The molecular weight excluding hydrogens is 236 g/mol. The summed E-state index contributed by atoms with van der Waals surface area (Å²) in [6, 6.07) is -0.270. The summed E-state index contributed by atoms with van der Waals surface area (Å²) < 4.78 is 5.20. The standard InChI is InChI=1S/C12H22N2O4/c1-9(3-4-11(15)16)13-10(2)12(17)14-5-7-18-8-6-14/h9-10,13H,3-8H2,1-2H3,(H,15,16). The molecule has 1 fully saturated rings. The molecule has 0 aliphatic carbocycles. The normalized spacial score (nSPS) is 19.3. The highest BCUT2D eigenvalue weighted by Crippen LogP contribution is 2.03. The van der Waals surface area contributed by atoms with Crippen LogP contribution in [0.3, 0.4) is 0 Å². The number of carboxylic acids is 1. The summed E-state index contributed by atoms with van der Waals surface area (Å²) in [5, 5.41) is 11.7. The van der Waals surface area contributed by atoms with Crippen molar-refractivity contribution in [3.63, 3.8) is 0 Å². The first-order chi connectivity index (χ1) is 8.50. The summed E-state index contributed by atoms with van der Waals surface area (Å²) in [5.74, 6) is -0.753. The van der Waals surface area contributed by atoms with Crippen molar-refractivity contribution in [2.75, 3.05) is 26.3 Å². The van der Waals surface area contributed by atoms with E-state index in [1.54, 1.807) is 4.90 Å². The molecule has 0 aromatic carbocycles. The van der Waals surface area contributed by atoms with Gasteiger partial charge in [0.15, 0.2) is 0 Å². The Morgan fingerprint density at radius 1 is 1.33 bits per heavy atom. The van der Waals surface area contributed by atoms with E-state index in [0.717, 1.165) is 0 Å². The van der Waals surface area contributed by atoms with Gasteiger partial charge in [-0.2, -0.15) is 0 Å². The molecule has 2 unspecified atom stereocenters. The monoisotopic (exact) mass is 258 g/mol. The van der Waals surface area contributed by atoms with E-state index in [4.69, 9.17) is 9.84 Å². The average Bonchev–Trinajstić information content (AvgIpc) is 2.36. The van der Waals surface area contributed by atoms with Crippen LogP contribution in [-0.4, -0.2) is 60.3 Å². The molecule has 1 heterocycles. The fraction of sp³-hybridized carbons (Fsp3) is 0.833. The smallest absolute Gasteiger partial charge is 0.303 e. The molecule has 6 heteroatoms. The number of nitrogens with zero attached hydrogens (tertiary/aromatic N) is 1. The quantitative estimate of drug-likeness (QED) is 0.705. The lowest BCUT2D eigenvalue weighted by Crippen LogP contribution is -2.51. The Labute approximate surface area is 107 Å². The molecule has 1 aliphatic rings. The van der Waals surface area contributed by atoms with Gasteiger partial charge < -0.3 is 20.1 Å². The van der Waals surface area contributed by atoms with Gasteiger partial charge in [-0.1, -0.05) is 0 Å². The van der Waals surface area contributed by atoms with Crippen molar-refractivity contribution in [2.45, 2.75) is 38.8 Å². The number of amides is 1. The average molecular weight is 258 g/mol. The summed E-state index contributed by atoms with van der Waals surface area (Å²) in [7, 11) is 0. The Hall–Kier alpha value is -1.14. The maximum absolute atomic E-state index is 12.1. The Kier molecular flexibility index (Phi) is 6.07. The lowest BCUT2D eigenvalue weighted by molar-refractivity contribution is -0.137. The first-order valence-corrected chi connectivity index (χ1v) is 6.35. The van der Waals surface area contributed by atoms with Crippen LogP contribution in [0, 0.1) is 0 Å². The third kappa shape index (κ3) is 5.01. The summed E-state index contributed by atoms with van der Waals surface area (Å²) >= 11 is 0. The zero-order valence-corrected chi connectivity index (χ0v) is 11.0. The van der Waals surface area contributed by atoms with Crippen molar-refractivity contribution in [3.8, 4) is 0 Å². The van der Waals surface area contributed by atoms with E-state index in [1.807, 2.05) is 13.8 Å². The number of carbonyl (C=O) groups is 2. The van der Waals surface area contributed by atoms with Crippen LogP contribution >= 0.6 is 0 Å². The maximum atomic E-state index is 12.1. The molecule has 2 atom stereocenters. The Bertz CT molecular complexity index is 290. The maximum Gasteiger partial charge on any atom is 0.303 e. The van der Waals surface area contributed by atoms with E-state index in [-0.39, 0.29) is 24.4 Å². The van der Waals surface area contributed by atoms with Gasteiger partial charge in [0.2, 0.25) is 5.91 Å². The van der Waals surface area contributed by atoms with Gasteiger partial charge >= 0.3 is 5.97 Å². The summed E-state index contributed by atoms with van der Waals surface area (Å²) in [6.07, 6.45) is 0.642.